The Kier molecular flexibility index (Phi) is 5.62. The van der Waals surface area contributed by atoms with Crippen LogP contribution in [-0.4, -0.2) is 43.3 Å². The van der Waals surface area contributed by atoms with Gasteiger partial charge in [0.05, 0.1) is 23.0 Å². The molecular weight excluding hydrogens is 306 g/mol. The number of nitro groups is 1. The molecule has 0 bridgehead atoms. The third-order valence-corrected chi connectivity index (χ3v) is 4.33. The number of nitrogens with zero attached hydrogens (tertiary/aromatic N) is 1. The zero-order valence-electron chi connectivity index (χ0n) is 12.5. The molecule has 0 spiro atoms. The predicted octanol–water partition coefficient (Wildman–Crippen LogP) is 1.81. The van der Waals surface area contributed by atoms with Gasteiger partial charge >= 0.3 is 0 Å². The second-order valence-electron chi connectivity index (χ2n) is 5.00. The number of ether oxygens (including phenoxy) is 1. The van der Waals surface area contributed by atoms with Crippen molar-refractivity contribution in [3.63, 3.8) is 0 Å². The largest absolute Gasteiger partial charge is 0.495 e. The third-order valence-electron chi connectivity index (χ3n) is 3.58. The maximum atomic E-state index is 12.4. The first-order valence-corrected chi connectivity index (χ1v) is 8.21. The van der Waals surface area contributed by atoms with Gasteiger partial charge in [0.2, 0.25) is 0 Å². The fourth-order valence-corrected chi connectivity index (χ4v) is 3.02. The molecule has 2 rings (SSSR count). The number of methoxy groups -OCH3 is 1. The number of nitro benzene ring substituents is 1. The van der Waals surface area contributed by atoms with E-state index >= 15 is 0 Å². The highest BCUT2D eigenvalue weighted by Gasteiger charge is 2.25. The quantitative estimate of drug-likeness (QED) is 0.487. The molecule has 2 N–H and O–H groups in total. The first-order chi connectivity index (χ1) is 10.6. The Balaban J connectivity index is 2.30. The van der Waals surface area contributed by atoms with Gasteiger partial charge in [-0.3, -0.25) is 14.9 Å². The van der Waals surface area contributed by atoms with Gasteiger partial charge in [-0.2, -0.15) is 0 Å². The average Bonchev–Trinajstić information content (AvgIpc) is 2.54. The summed E-state index contributed by atoms with van der Waals surface area (Å²) >= 11 is 1.38. The average molecular weight is 325 g/mol. The smallest absolute Gasteiger partial charge is 0.285 e. The molecule has 1 aromatic rings. The van der Waals surface area contributed by atoms with Crippen molar-refractivity contribution >= 4 is 23.4 Å². The highest BCUT2D eigenvalue weighted by atomic mass is 32.2. The molecule has 1 aliphatic heterocycles. The summed E-state index contributed by atoms with van der Waals surface area (Å²) in [6, 6.07) is 2.83. The maximum Gasteiger partial charge on any atom is 0.285 e. The molecule has 1 heterocycles. The summed E-state index contributed by atoms with van der Waals surface area (Å²) in [6.45, 7) is 1.62. The van der Waals surface area contributed by atoms with Gasteiger partial charge in [0.25, 0.3) is 11.6 Å². The van der Waals surface area contributed by atoms with Crippen LogP contribution >= 0.6 is 11.8 Å². The third kappa shape index (κ3) is 3.69. The summed E-state index contributed by atoms with van der Waals surface area (Å²) in [5, 5.41) is 17.3. The van der Waals surface area contributed by atoms with Gasteiger partial charge in [-0.05, 0) is 31.7 Å². The zero-order valence-corrected chi connectivity index (χ0v) is 13.4. The van der Waals surface area contributed by atoms with E-state index < -0.39 is 10.8 Å². The number of carbonyl (C=O) groups is 1. The van der Waals surface area contributed by atoms with Gasteiger partial charge in [-0.25, -0.2) is 0 Å². The molecule has 120 valence electrons. The van der Waals surface area contributed by atoms with E-state index in [1.54, 1.807) is 0 Å². The fraction of sp³-hybridized carbons (Fsp3) is 0.500. The van der Waals surface area contributed by atoms with Crippen LogP contribution in [0.2, 0.25) is 0 Å². The zero-order chi connectivity index (χ0) is 16.1. The van der Waals surface area contributed by atoms with Crippen LogP contribution in [0.1, 0.15) is 23.2 Å². The normalized spacial score (nSPS) is 17.8. The molecule has 1 fully saturated rings. The number of thioether (sulfide) groups is 1. The van der Waals surface area contributed by atoms with Crippen LogP contribution in [-0.2, 0) is 0 Å². The van der Waals surface area contributed by atoms with Crippen molar-refractivity contribution in [2.24, 2.45) is 0 Å². The Morgan fingerprint density at radius 2 is 2.32 bits per heavy atom. The Labute approximate surface area is 132 Å². The van der Waals surface area contributed by atoms with E-state index in [2.05, 4.69) is 10.6 Å². The van der Waals surface area contributed by atoms with Crippen LogP contribution in [0.4, 0.5) is 5.69 Å². The maximum absolute atomic E-state index is 12.4. The molecule has 1 atom stereocenters. The van der Waals surface area contributed by atoms with E-state index in [4.69, 9.17) is 4.74 Å². The summed E-state index contributed by atoms with van der Waals surface area (Å²) in [5.74, 6) is -0.0200. The van der Waals surface area contributed by atoms with E-state index in [0.29, 0.717) is 17.2 Å². The lowest BCUT2D eigenvalue weighted by molar-refractivity contribution is -0.385. The number of rotatable bonds is 5. The summed E-state index contributed by atoms with van der Waals surface area (Å²) < 4.78 is 5.14. The first kappa shape index (κ1) is 16.6. The van der Waals surface area contributed by atoms with Gasteiger partial charge < -0.3 is 15.4 Å². The number of benzene rings is 1. The van der Waals surface area contributed by atoms with Crippen LogP contribution in [0.5, 0.6) is 5.75 Å². The predicted molar refractivity (Wildman–Crippen MR) is 84.8 cm³/mol. The molecule has 1 aromatic carbocycles. The molecule has 8 heteroatoms. The minimum Gasteiger partial charge on any atom is -0.495 e. The number of carbonyl (C=O) groups excluding carboxylic acids is 1. The van der Waals surface area contributed by atoms with E-state index in [-0.39, 0.29) is 17.3 Å². The Hall–Kier alpha value is -1.80. The molecule has 0 aromatic heterocycles. The minimum absolute atomic E-state index is 0.000635. The molecular formula is C14H19N3O4S. The van der Waals surface area contributed by atoms with Crippen molar-refractivity contribution in [2.45, 2.75) is 23.8 Å². The fourth-order valence-electron chi connectivity index (χ4n) is 2.44. The number of amides is 1. The SMILES string of the molecule is COc1cc([N+](=O)[O-])c(C(=O)NC2CCCNC2)cc1SC. The van der Waals surface area contributed by atoms with Crippen molar-refractivity contribution in [3.8, 4) is 5.75 Å². The van der Waals surface area contributed by atoms with E-state index in [0.717, 1.165) is 19.4 Å². The van der Waals surface area contributed by atoms with Crippen LogP contribution in [0.3, 0.4) is 0 Å². The van der Waals surface area contributed by atoms with Gasteiger partial charge in [-0.15, -0.1) is 11.8 Å². The molecule has 0 radical (unpaired) electrons. The number of nitrogens with one attached hydrogen (secondary N) is 2. The molecule has 1 saturated heterocycles. The van der Waals surface area contributed by atoms with Crippen molar-refractivity contribution in [1.82, 2.24) is 10.6 Å². The lowest BCUT2D eigenvalue weighted by Crippen LogP contribution is -2.45. The molecule has 1 amide bonds. The van der Waals surface area contributed by atoms with E-state index in [1.807, 2.05) is 6.26 Å². The Morgan fingerprint density at radius 3 is 2.86 bits per heavy atom. The molecule has 22 heavy (non-hydrogen) atoms. The first-order valence-electron chi connectivity index (χ1n) is 6.98. The number of piperidine rings is 1. The molecule has 1 aliphatic rings. The highest BCUT2D eigenvalue weighted by Crippen LogP contribution is 2.34. The van der Waals surface area contributed by atoms with Gasteiger partial charge in [0.1, 0.15) is 11.3 Å². The lowest BCUT2D eigenvalue weighted by atomic mass is 10.1. The van der Waals surface area contributed by atoms with Crippen LogP contribution in [0.15, 0.2) is 17.0 Å². The van der Waals surface area contributed by atoms with E-state index in [9.17, 15) is 14.9 Å². The molecule has 0 saturated carbocycles. The number of hydrogen-bond donors (Lipinski definition) is 2. The van der Waals surface area contributed by atoms with Crippen molar-refractivity contribution in [3.05, 3.63) is 27.8 Å². The monoisotopic (exact) mass is 325 g/mol. The van der Waals surface area contributed by atoms with Crippen LogP contribution in [0.25, 0.3) is 0 Å². The second kappa shape index (κ2) is 7.46. The van der Waals surface area contributed by atoms with Crippen LogP contribution < -0.4 is 15.4 Å². The lowest BCUT2D eigenvalue weighted by Gasteiger charge is -2.23. The van der Waals surface area contributed by atoms with Gasteiger partial charge in [0.15, 0.2) is 0 Å². The van der Waals surface area contributed by atoms with Crippen molar-refractivity contribution in [2.75, 3.05) is 26.5 Å². The Bertz CT molecular complexity index is 573. The molecule has 1 unspecified atom stereocenters. The molecule has 7 nitrogen and oxygen atoms in total. The number of hydrogen-bond acceptors (Lipinski definition) is 6. The minimum atomic E-state index is -0.555. The summed E-state index contributed by atoms with van der Waals surface area (Å²) in [6.07, 6.45) is 3.68. The van der Waals surface area contributed by atoms with Crippen molar-refractivity contribution < 1.29 is 14.5 Å². The summed E-state index contributed by atoms with van der Waals surface area (Å²) in [7, 11) is 1.45. The van der Waals surface area contributed by atoms with Crippen molar-refractivity contribution in [1.29, 1.82) is 0 Å². The van der Waals surface area contributed by atoms with E-state index in [1.165, 1.54) is 31.0 Å². The molecule has 0 aliphatic carbocycles. The standard InChI is InChI=1S/C14H19N3O4S/c1-21-12-7-11(17(19)20)10(6-13(12)22-2)14(18)16-9-4-3-5-15-8-9/h6-7,9,15H,3-5,8H2,1-2H3,(H,16,18). The van der Waals surface area contributed by atoms with Gasteiger partial charge in [0, 0.05) is 12.6 Å². The van der Waals surface area contributed by atoms with Gasteiger partial charge in [-0.1, -0.05) is 0 Å². The van der Waals surface area contributed by atoms with Crippen LogP contribution in [0, 0.1) is 10.1 Å². The summed E-state index contributed by atoms with van der Waals surface area (Å²) in [5.41, 5.74) is -0.170. The second-order valence-corrected chi connectivity index (χ2v) is 5.85. The summed E-state index contributed by atoms with van der Waals surface area (Å²) in [4.78, 5) is 23.8. The topological polar surface area (TPSA) is 93.5 Å². The highest BCUT2D eigenvalue weighted by molar-refractivity contribution is 7.98. The Morgan fingerprint density at radius 1 is 1.55 bits per heavy atom.